The van der Waals surface area contributed by atoms with Crippen LogP contribution in [0.1, 0.15) is 27.2 Å². The van der Waals surface area contributed by atoms with Gasteiger partial charge in [0.2, 0.25) is 0 Å². The number of hydrogen-bond acceptors (Lipinski definition) is 2. The van der Waals surface area contributed by atoms with Crippen LogP contribution >= 0.6 is 0 Å². The molecule has 25 heavy (non-hydrogen) atoms. The zero-order chi connectivity index (χ0) is 21.7. The van der Waals surface area contributed by atoms with Gasteiger partial charge in [0, 0.05) is 0 Å². The molecule has 0 aliphatic rings. The van der Waals surface area contributed by atoms with E-state index >= 15 is 0 Å². The summed E-state index contributed by atoms with van der Waals surface area (Å²) in [4.78, 5) is 10.9. The first kappa shape index (κ1) is 33.1. The van der Waals surface area contributed by atoms with Crippen molar-refractivity contribution in [3.8, 4) is 0 Å². The molecule has 0 aromatic rings. The molecule has 0 spiro atoms. The average molecular weight is 429 g/mol. The third kappa shape index (κ3) is 172. The molecular formula is C7H13B3F12KO2-3. The molecule has 0 atom stereocenters. The molecule has 0 aromatic heterocycles. The quantitative estimate of drug-likeness (QED) is 0.343. The molecule has 2 nitrogen and oxygen atoms in total. The van der Waals surface area contributed by atoms with Crippen molar-refractivity contribution in [2.45, 2.75) is 33.3 Å². The number of carbonyl (C=O) groups excluding carboxylic acids is 1. The van der Waals surface area contributed by atoms with E-state index in [9.17, 15) is 56.6 Å². The van der Waals surface area contributed by atoms with Crippen molar-refractivity contribution in [1.82, 2.24) is 0 Å². The van der Waals surface area contributed by atoms with Gasteiger partial charge in [-0.05, 0) is 0 Å². The predicted octanol–water partition coefficient (Wildman–Crippen LogP) is 5.21. The van der Waals surface area contributed by atoms with Gasteiger partial charge in [-0.2, -0.15) is 0 Å². The van der Waals surface area contributed by atoms with Gasteiger partial charge in [-0.25, -0.2) is 0 Å². The normalized spacial score (nSPS) is 11.7. The van der Waals surface area contributed by atoms with Crippen LogP contribution in [0.15, 0.2) is 0 Å². The van der Waals surface area contributed by atoms with Crippen LogP contribution < -0.4 is 0 Å². The molecule has 0 aromatic carbocycles. The summed E-state index contributed by atoms with van der Waals surface area (Å²) in [6.45, 7) is 5.67. The van der Waals surface area contributed by atoms with Crippen LogP contribution in [0, 0.1) is 0 Å². The molecule has 0 aliphatic heterocycles. The van der Waals surface area contributed by atoms with Gasteiger partial charge >= 0.3 is 120 Å². The summed E-state index contributed by atoms with van der Waals surface area (Å²) in [5.74, 6) is -0.0550. The fourth-order valence-electron chi connectivity index (χ4n) is 0.597. The molecule has 0 rings (SSSR count). The monoisotopic (exact) mass is 429 g/mol. The fraction of sp³-hybridized carbons (Fsp3) is 0.857. The van der Waals surface area contributed by atoms with Crippen molar-refractivity contribution in [2.24, 2.45) is 0 Å². The molecule has 0 saturated heterocycles. The number of hydrogen-bond donors (Lipinski definition) is 0. The van der Waals surface area contributed by atoms with E-state index in [1.54, 1.807) is 0 Å². The van der Waals surface area contributed by atoms with Crippen molar-refractivity contribution >= 4 is 76.7 Å². The van der Waals surface area contributed by atoms with Gasteiger partial charge in [0.05, 0.1) is 0 Å². The Morgan fingerprint density at radius 1 is 0.760 bits per heavy atom. The number of carbonyl (C=O) groups is 1. The zero-order valence-corrected chi connectivity index (χ0v) is 16.6. The SMILES string of the molecule is CC(C)(C)OC(=O)C[CH2][K].F[B-](F)(F)F.F[B-](F)(F)F.F[B-](F)(F)F. The molecule has 0 fully saturated rings. The molecule has 18 heteroatoms. The first-order chi connectivity index (χ1) is 10.5. The van der Waals surface area contributed by atoms with Gasteiger partial charge in [-0.1, -0.05) is 0 Å². The summed E-state index contributed by atoms with van der Waals surface area (Å²) >= 11 is 0.768. The topological polar surface area (TPSA) is 26.3 Å². The van der Waals surface area contributed by atoms with Gasteiger partial charge < -0.3 is 51.8 Å². The van der Waals surface area contributed by atoms with Gasteiger partial charge in [0.15, 0.2) is 0 Å². The Bertz CT molecular complexity index is 291. The molecule has 0 heterocycles. The van der Waals surface area contributed by atoms with Crippen LogP contribution in [0.25, 0.3) is 0 Å². The first-order valence-corrected chi connectivity index (χ1v) is 8.50. The van der Waals surface area contributed by atoms with E-state index in [0.29, 0.717) is 6.42 Å². The van der Waals surface area contributed by atoms with E-state index in [0.717, 1.165) is 49.5 Å². The third-order valence-corrected chi connectivity index (χ3v) is 1.65. The van der Waals surface area contributed by atoms with Crippen molar-refractivity contribution in [3.05, 3.63) is 0 Å². The van der Waals surface area contributed by atoms with Gasteiger partial charge in [-0.15, -0.1) is 0 Å². The second-order valence-corrected chi connectivity index (χ2v) is 6.38. The minimum atomic E-state index is -6.00. The molecule has 0 aliphatic carbocycles. The Morgan fingerprint density at radius 3 is 1.08 bits per heavy atom. The summed E-state index contributed by atoms with van der Waals surface area (Å²) in [5, 5.41) is 0. The van der Waals surface area contributed by atoms with Crippen LogP contribution in [0.2, 0.25) is 0.515 Å². The standard InChI is InChI=1S/C7H13O2.3BF4.K/c1-5-6(8)9-7(2,3)4;3*2-1(3,4)5;/h1,5H2,2-4H3;;;;/q;3*-1;. The molecule has 0 bridgehead atoms. The van der Waals surface area contributed by atoms with E-state index in [-0.39, 0.29) is 11.6 Å². The minimum Gasteiger partial charge on any atom is -0.418 e. The number of rotatable bonds is 2. The van der Waals surface area contributed by atoms with Gasteiger partial charge in [-0.3, -0.25) is 0 Å². The number of esters is 1. The molecule has 0 amide bonds. The molecule has 0 unspecified atom stereocenters. The maximum atomic E-state index is 10.9. The van der Waals surface area contributed by atoms with Crippen LogP contribution in [0.3, 0.4) is 0 Å². The van der Waals surface area contributed by atoms with E-state index in [1.807, 2.05) is 20.8 Å². The maximum Gasteiger partial charge on any atom is 0.673 e. The molecule has 0 N–H and O–H groups in total. The summed E-state index contributed by atoms with van der Waals surface area (Å²) in [7, 11) is -18.0. The number of halogens is 12. The van der Waals surface area contributed by atoms with E-state index in [1.165, 1.54) is 0 Å². The molecule has 150 valence electrons. The Balaban J connectivity index is -0.000000126. The first-order valence-electron chi connectivity index (χ1n) is 6.29. The van der Waals surface area contributed by atoms with E-state index in [4.69, 9.17) is 4.74 Å². The molecule has 0 saturated carbocycles. The Morgan fingerprint density at radius 2 is 0.960 bits per heavy atom. The van der Waals surface area contributed by atoms with E-state index in [2.05, 4.69) is 0 Å². The van der Waals surface area contributed by atoms with Gasteiger partial charge in [0.25, 0.3) is 0 Å². The van der Waals surface area contributed by atoms with Crippen LogP contribution in [-0.2, 0) is 9.53 Å². The van der Waals surface area contributed by atoms with Crippen molar-refractivity contribution in [1.29, 1.82) is 0 Å². The minimum absolute atomic E-state index is 0.0550. The van der Waals surface area contributed by atoms with Crippen LogP contribution in [0.5, 0.6) is 0 Å². The largest absolute Gasteiger partial charge is 0.673 e. The van der Waals surface area contributed by atoms with Crippen LogP contribution in [-0.4, -0.2) is 82.3 Å². The second-order valence-electron chi connectivity index (χ2n) is 4.82. The average Bonchev–Trinajstić information content (AvgIpc) is 2.04. The summed E-state index contributed by atoms with van der Waals surface area (Å²) in [6.07, 6.45) is 0.608. The molecular weight excluding hydrogens is 416 g/mol. The number of ether oxygens (including phenoxy) is 1. The van der Waals surface area contributed by atoms with E-state index < -0.39 is 21.8 Å². The fourth-order valence-corrected chi connectivity index (χ4v) is 1.23. The van der Waals surface area contributed by atoms with Crippen molar-refractivity contribution < 1.29 is 61.3 Å². The zero-order valence-electron chi connectivity index (χ0n) is 13.5. The summed E-state index contributed by atoms with van der Waals surface area (Å²) in [6, 6.07) is 0. The smallest absolute Gasteiger partial charge is 0.418 e. The van der Waals surface area contributed by atoms with Crippen molar-refractivity contribution in [3.63, 3.8) is 0 Å². The Labute approximate surface area is 170 Å². The Kier molecular flexibility index (Phi) is 19.2. The Hall–Kier alpha value is 0.461. The summed E-state index contributed by atoms with van der Waals surface area (Å²) < 4.78 is 123. The third-order valence-electron chi connectivity index (χ3n) is 0.874. The molecule has 0 radical (unpaired) electrons. The predicted molar refractivity (Wildman–Crippen MR) is 71.6 cm³/mol. The van der Waals surface area contributed by atoms with Crippen LogP contribution in [0.4, 0.5) is 51.8 Å². The second kappa shape index (κ2) is 14.5. The summed E-state index contributed by atoms with van der Waals surface area (Å²) in [5.41, 5.74) is -0.306. The van der Waals surface area contributed by atoms with Gasteiger partial charge in [0.1, 0.15) is 0 Å². The van der Waals surface area contributed by atoms with Crippen molar-refractivity contribution in [2.75, 3.05) is 0 Å². The maximum absolute atomic E-state index is 10.9.